The quantitative estimate of drug-likeness (QED) is 0.277. The molecule has 0 bridgehead atoms. The molecule has 8 nitrogen and oxygen atoms in total. The Morgan fingerprint density at radius 2 is 1.62 bits per heavy atom. The highest BCUT2D eigenvalue weighted by Gasteiger charge is 2.52. The van der Waals surface area contributed by atoms with Crippen molar-refractivity contribution in [2.75, 3.05) is 31.5 Å². The third-order valence-electron chi connectivity index (χ3n) is 7.26. The molecular weight excluding hydrogens is 535 g/mol. The number of nitrogens with one attached hydrogen (secondary N) is 1. The number of carbonyl (C=O) groups excluding carboxylic acids is 2. The normalized spacial score (nSPS) is 16.2. The van der Waals surface area contributed by atoms with Crippen LogP contribution in [0, 0.1) is 11.6 Å². The first-order chi connectivity index (χ1) is 19.1. The SMILES string of the molecule is O=C(c1cc(-c2ccncc2)n(-c2ccc(C(F)(F)F)cc2)n1)N1CC[N+]2(CC1)C(=O)Nc1ccc(F)c(F)c12. The van der Waals surface area contributed by atoms with E-state index >= 15 is 0 Å². The van der Waals surface area contributed by atoms with Gasteiger partial charge < -0.3 is 4.90 Å². The van der Waals surface area contributed by atoms with Crippen LogP contribution in [0.3, 0.4) is 0 Å². The summed E-state index contributed by atoms with van der Waals surface area (Å²) in [5.41, 5.74) is 0.723. The number of urea groups is 1. The molecule has 1 spiro atoms. The summed E-state index contributed by atoms with van der Waals surface area (Å²) in [6.07, 6.45) is -1.43. The predicted octanol–water partition coefficient (Wildman–Crippen LogP) is 5.24. The number of hydrogen-bond donors (Lipinski definition) is 1. The lowest BCUT2D eigenvalue weighted by Gasteiger charge is -2.38. The van der Waals surface area contributed by atoms with Gasteiger partial charge >= 0.3 is 12.2 Å². The molecule has 1 saturated heterocycles. The van der Waals surface area contributed by atoms with E-state index in [1.54, 1.807) is 12.1 Å². The zero-order valence-corrected chi connectivity index (χ0v) is 20.6. The van der Waals surface area contributed by atoms with Crippen LogP contribution in [0.25, 0.3) is 16.9 Å². The van der Waals surface area contributed by atoms with Gasteiger partial charge in [-0.2, -0.15) is 22.7 Å². The van der Waals surface area contributed by atoms with Crippen LogP contribution in [0.15, 0.2) is 67.0 Å². The van der Waals surface area contributed by atoms with Crippen LogP contribution in [0.4, 0.5) is 38.1 Å². The number of alkyl halides is 3. The Hall–Kier alpha value is -4.65. The first kappa shape index (κ1) is 25.6. The molecule has 3 amide bonds. The Bertz CT molecular complexity index is 1630. The minimum Gasteiger partial charge on any atom is -0.326 e. The fraction of sp³-hybridized carbons (Fsp3) is 0.185. The van der Waals surface area contributed by atoms with Crippen molar-refractivity contribution < 1.29 is 31.5 Å². The number of amides is 3. The first-order valence-electron chi connectivity index (χ1n) is 12.2. The van der Waals surface area contributed by atoms with Gasteiger partial charge in [0.1, 0.15) is 18.8 Å². The highest BCUT2D eigenvalue weighted by Crippen LogP contribution is 2.42. The van der Waals surface area contributed by atoms with Crippen molar-refractivity contribution in [3.05, 3.63) is 89.9 Å². The van der Waals surface area contributed by atoms with Gasteiger partial charge in [0.2, 0.25) is 11.5 Å². The second-order valence-corrected chi connectivity index (χ2v) is 9.50. The molecule has 0 atom stereocenters. The number of halogens is 5. The Morgan fingerprint density at radius 1 is 0.950 bits per heavy atom. The number of aromatic nitrogens is 3. The highest BCUT2D eigenvalue weighted by molar-refractivity contribution is 6.08. The van der Waals surface area contributed by atoms with Gasteiger partial charge in [0.05, 0.1) is 30.0 Å². The Labute approximate surface area is 223 Å². The third-order valence-corrected chi connectivity index (χ3v) is 7.26. The summed E-state index contributed by atoms with van der Waals surface area (Å²) >= 11 is 0. The van der Waals surface area contributed by atoms with Crippen molar-refractivity contribution in [3.63, 3.8) is 0 Å². The van der Waals surface area contributed by atoms with Gasteiger partial charge in [0.25, 0.3) is 5.91 Å². The molecule has 0 radical (unpaired) electrons. The minimum absolute atomic E-state index is 0.0156. The van der Waals surface area contributed by atoms with Crippen LogP contribution < -0.4 is 9.80 Å². The summed E-state index contributed by atoms with van der Waals surface area (Å²) in [6.45, 7) is 0.141. The van der Waals surface area contributed by atoms with Gasteiger partial charge in [-0.1, -0.05) is 0 Å². The average Bonchev–Trinajstić information content (AvgIpc) is 3.51. The number of anilines is 1. The lowest BCUT2D eigenvalue weighted by atomic mass is 10.1. The monoisotopic (exact) mass is 555 g/mol. The maximum atomic E-state index is 14.7. The summed E-state index contributed by atoms with van der Waals surface area (Å²) in [5.74, 6) is -2.64. The van der Waals surface area contributed by atoms with E-state index in [1.807, 2.05) is 0 Å². The van der Waals surface area contributed by atoms with Crippen LogP contribution in [0.1, 0.15) is 16.1 Å². The van der Waals surface area contributed by atoms with Crippen LogP contribution in [0.2, 0.25) is 0 Å². The lowest BCUT2D eigenvalue weighted by molar-refractivity contribution is -0.137. The maximum Gasteiger partial charge on any atom is 0.426 e. The molecule has 2 aliphatic rings. The number of nitrogens with zero attached hydrogens (tertiary/aromatic N) is 5. The molecule has 0 unspecified atom stereocenters. The Kier molecular flexibility index (Phi) is 5.91. The van der Waals surface area contributed by atoms with Gasteiger partial charge in [-0.25, -0.2) is 18.3 Å². The summed E-state index contributed by atoms with van der Waals surface area (Å²) in [5, 5.41) is 7.01. The average molecular weight is 555 g/mol. The number of benzene rings is 2. The predicted molar refractivity (Wildman–Crippen MR) is 135 cm³/mol. The van der Waals surface area contributed by atoms with Gasteiger partial charge in [-0.3, -0.25) is 15.1 Å². The number of piperazine rings is 1. The number of fused-ring (bicyclic) bond motifs is 2. The molecule has 1 fully saturated rings. The van der Waals surface area contributed by atoms with E-state index in [1.165, 1.54) is 46.2 Å². The molecule has 4 heterocycles. The number of hydrogen-bond acceptors (Lipinski definition) is 4. The molecule has 0 saturated carbocycles. The van der Waals surface area contributed by atoms with E-state index in [0.29, 0.717) is 16.9 Å². The van der Waals surface area contributed by atoms with Gasteiger partial charge in [-0.15, -0.1) is 0 Å². The highest BCUT2D eigenvalue weighted by atomic mass is 19.4. The summed E-state index contributed by atoms with van der Waals surface area (Å²) < 4.78 is 68.9. The van der Waals surface area contributed by atoms with E-state index in [2.05, 4.69) is 15.4 Å². The Balaban J connectivity index is 1.30. The van der Waals surface area contributed by atoms with Crippen LogP contribution in [-0.2, 0) is 6.18 Å². The maximum absolute atomic E-state index is 14.7. The number of carbonyl (C=O) groups is 2. The zero-order chi connectivity index (χ0) is 28.2. The molecule has 6 rings (SSSR count). The van der Waals surface area contributed by atoms with Crippen molar-refractivity contribution in [2.24, 2.45) is 0 Å². The third kappa shape index (κ3) is 4.09. The molecule has 1 N–H and O–H groups in total. The second kappa shape index (κ2) is 9.23. The topological polar surface area (TPSA) is 80.1 Å². The van der Waals surface area contributed by atoms with Crippen molar-refractivity contribution in [1.82, 2.24) is 24.1 Å². The van der Waals surface area contributed by atoms with Gasteiger partial charge in [0, 0.05) is 18.0 Å². The molecule has 0 aliphatic carbocycles. The molecule has 40 heavy (non-hydrogen) atoms. The number of quaternary nitrogens is 1. The number of pyridine rings is 1. The van der Waals surface area contributed by atoms with E-state index in [4.69, 9.17) is 0 Å². The summed E-state index contributed by atoms with van der Waals surface area (Å²) in [6, 6.07) is 11.0. The Morgan fingerprint density at radius 3 is 2.27 bits per heavy atom. The smallest absolute Gasteiger partial charge is 0.326 e. The molecule has 2 aromatic carbocycles. The van der Waals surface area contributed by atoms with Crippen molar-refractivity contribution in [2.45, 2.75) is 6.18 Å². The summed E-state index contributed by atoms with van der Waals surface area (Å²) in [4.78, 5) is 31.8. The molecule has 13 heteroatoms. The standard InChI is InChI=1S/C27H19F5N6O2/c28-19-5-6-20-24(23(19)29)38(26(40)34-20)13-11-36(12-14-38)25(39)21-15-22(16-7-9-33-10-8-16)37(35-21)18-3-1-17(2-4-18)27(30,31)32/h1-10,15H,11-14H2/p+1. The van der Waals surface area contributed by atoms with E-state index in [-0.39, 0.29) is 43.2 Å². The fourth-order valence-corrected chi connectivity index (χ4v) is 5.18. The molecular formula is C27H20F5N6O2+. The minimum atomic E-state index is -4.51. The first-order valence-corrected chi connectivity index (χ1v) is 12.2. The molecule has 4 aromatic rings. The lowest BCUT2D eigenvalue weighted by Crippen LogP contribution is -2.63. The molecule has 2 aliphatic heterocycles. The van der Waals surface area contributed by atoms with Crippen molar-refractivity contribution in [1.29, 1.82) is 0 Å². The fourth-order valence-electron chi connectivity index (χ4n) is 5.18. The van der Waals surface area contributed by atoms with Gasteiger partial charge in [0.15, 0.2) is 11.5 Å². The zero-order valence-electron chi connectivity index (χ0n) is 20.6. The molecule has 2 aromatic heterocycles. The van der Waals surface area contributed by atoms with E-state index in [0.717, 1.165) is 18.2 Å². The van der Waals surface area contributed by atoms with Crippen LogP contribution in [-0.4, -0.2) is 57.8 Å². The molecule has 204 valence electrons. The number of rotatable bonds is 3. The van der Waals surface area contributed by atoms with Crippen LogP contribution >= 0.6 is 0 Å². The van der Waals surface area contributed by atoms with Crippen LogP contribution in [0.5, 0.6) is 0 Å². The van der Waals surface area contributed by atoms with E-state index in [9.17, 15) is 31.5 Å². The van der Waals surface area contributed by atoms with Crippen molar-refractivity contribution in [3.8, 4) is 16.9 Å². The summed E-state index contributed by atoms with van der Waals surface area (Å²) in [7, 11) is 0. The van der Waals surface area contributed by atoms with Gasteiger partial charge in [-0.05, 0) is 54.6 Å². The van der Waals surface area contributed by atoms with Crippen molar-refractivity contribution >= 4 is 23.3 Å². The van der Waals surface area contributed by atoms with E-state index < -0.39 is 39.8 Å². The second-order valence-electron chi connectivity index (χ2n) is 9.50. The largest absolute Gasteiger partial charge is 0.426 e.